The molecule has 3 rings (SSSR count). The second-order valence-corrected chi connectivity index (χ2v) is 11.7. The highest BCUT2D eigenvalue weighted by Gasteiger charge is 2.52. The highest BCUT2D eigenvalue weighted by molar-refractivity contribution is 7.98. The van der Waals surface area contributed by atoms with Gasteiger partial charge >= 0.3 is 0 Å². The number of thioether (sulfide) groups is 1. The van der Waals surface area contributed by atoms with Crippen molar-refractivity contribution < 1.29 is 22.8 Å². The van der Waals surface area contributed by atoms with Crippen molar-refractivity contribution in [2.24, 2.45) is 11.8 Å². The Kier molecular flexibility index (Phi) is 8.43. The number of piperidine rings is 1. The predicted octanol–water partition coefficient (Wildman–Crippen LogP) is 1.60. The Hall–Kier alpha value is -1.13. The third-order valence-corrected chi connectivity index (χ3v) is 8.98. The van der Waals surface area contributed by atoms with Gasteiger partial charge in [0, 0.05) is 19.1 Å². The molecule has 3 fully saturated rings. The van der Waals surface area contributed by atoms with Gasteiger partial charge in [-0.1, -0.05) is 19.8 Å². The minimum Gasteiger partial charge on any atom is -0.341 e. The number of hydrogen-bond donors (Lipinski definition) is 1. The van der Waals surface area contributed by atoms with Crippen molar-refractivity contribution in [3.8, 4) is 0 Å². The lowest BCUT2D eigenvalue weighted by Crippen LogP contribution is -2.55. The number of nitrogens with one attached hydrogen (secondary N) is 1. The zero-order chi connectivity index (χ0) is 22.6. The fourth-order valence-corrected chi connectivity index (χ4v) is 6.96. The Morgan fingerprint density at radius 1 is 1.10 bits per heavy atom. The van der Waals surface area contributed by atoms with Crippen molar-refractivity contribution in [2.45, 2.75) is 70.4 Å². The van der Waals surface area contributed by atoms with Crippen LogP contribution in [0.25, 0.3) is 0 Å². The highest BCUT2D eigenvalue weighted by atomic mass is 32.2. The first-order chi connectivity index (χ1) is 14.8. The number of carbonyl (C=O) groups excluding carboxylic acids is 3. The van der Waals surface area contributed by atoms with Gasteiger partial charge in [-0.25, -0.2) is 13.1 Å². The zero-order valence-electron chi connectivity index (χ0n) is 18.5. The SMILES string of the molecule is CCCS(=O)(=O)NC1CCN(C(=O)C(CCSC)N2C(=O)C3CCCCC3C2=O)CC1. The summed E-state index contributed by atoms with van der Waals surface area (Å²) in [5.41, 5.74) is 0. The van der Waals surface area contributed by atoms with Crippen molar-refractivity contribution in [1.82, 2.24) is 14.5 Å². The number of rotatable bonds is 9. The summed E-state index contributed by atoms with van der Waals surface area (Å²) in [4.78, 5) is 42.5. The molecule has 0 bridgehead atoms. The maximum absolute atomic E-state index is 13.4. The van der Waals surface area contributed by atoms with E-state index >= 15 is 0 Å². The molecule has 0 radical (unpaired) electrons. The molecular weight excluding hydrogens is 438 g/mol. The van der Waals surface area contributed by atoms with Crippen LogP contribution in [0, 0.1) is 11.8 Å². The molecule has 3 aliphatic rings. The Morgan fingerprint density at radius 3 is 2.19 bits per heavy atom. The third kappa shape index (κ3) is 5.63. The monoisotopic (exact) mass is 473 g/mol. The second-order valence-electron chi connectivity index (χ2n) is 8.88. The van der Waals surface area contributed by atoms with Crippen LogP contribution in [0.1, 0.15) is 58.3 Å². The van der Waals surface area contributed by atoms with Crippen molar-refractivity contribution >= 4 is 39.5 Å². The Morgan fingerprint density at radius 2 is 1.68 bits per heavy atom. The molecule has 3 amide bonds. The van der Waals surface area contributed by atoms with Crippen LogP contribution in [-0.4, -0.2) is 78.9 Å². The normalized spacial score (nSPS) is 26.3. The number of nitrogens with zero attached hydrogens (tertiary/aromatic N) is 2. The molecule has 0 spiro atoms. The van der Waals surface area contributed by atoms with Gasteiger partial charge in [0.1, 0.15) is 6.04 Å². The van der Waals surface area contributed by atoms with E-state index in [-0.39, 0.29) is 41.4 Å². The molecule has 10 heteroatoms. The molecule has 176 valence electrons. The summed E-state index contributed by atoms with van der Waals surface area (Å²) in [6.45, 7) is 2.68. The number of hydrogen-bond acceptors (Lipinski definition) is 6. The fourth-order valence-electron chi connectivity index (χ4n) is 5.10. The van der Waals surface area contributed by atoms with Crippen molar-refractivity contribution in [1.29, 1.82) is 0 Å². The summed E-state index contributed by atoms with van der Waals surface area (Å²) in [5, 5.41) is 0. The van der Waals surface area contributed by atoms with E-state index in [4.69, 9.17) is 0 Å². The van der Waals surface area contributed by atoms with Crippen LogP contribution in [0.2, 0.25) is 0 Å². The van der Waals surface area contributed by atoms with Crippen LogP contribution in [0.15, 0.2) is 0 Å². The van der Waals surface area contributed by atoms with Gasteiger partial charge in [-0.2, -0.15) is 11.8 Å². The second kappa shape index (κ2) is 10.7. The van der Waals surface area contributed by atoms with Crippen LogP contribution in [-0.2, 0) is 24.4 Å². The molecule has 1 aliphatic carbocycles. The molecule has 0 aromatic heterocycles. The Balaban J connectivity index is 1.67. The molecule has 2 aliphatic heterocycles. The van der Waals surface area contributed by atoms with Gasteiger partial charge in [-0.15, -0.1) is 0 Å². The van der Waals surface area contributed by atoms with E-state index in [1.165, 1.54) is 4.90 Å². The van der Waals surface area contributed by atoms with E-state index in [1.54, 1.807) is 16.7 Å². The third-order valence-electron chi connectivity index (χ3n) is 6.69. The lowest BCUT2D eigenvalue weighted by atomic mass is 9.81. The van der Waals surface area contributed by atoms with E-state index < -0.39 is 16.1 Å². The number of carbonyl (C=O) groups is 3. The minimum atomic E-state index is -3.29. The van der Waals surface area contributed by atoms with Gasteiger partial charge in [0.05, 0.1) is 17.6 Å². The van der Waals surface area contributed by atoms with Gasteiger partial charge in [0.15, 0.2) is 0 Å². The topological polar surface area (TPSA) is 104 Å². The Bertz CT molecular complexity index is 756. The predicted molar refractivity (Wildman–Crippen MR) is 121 cm³/mol. The average Bonchev–Trinajstić information content (AvgIpc) is 2.99. The minimum absolute atomic E-state index is 0.102. The molecule has 1 N–H and O–H groups in total. The van der Waals surface area contributed by atoms with Gasteiger partial charge in [0.25, 0.3) is 0 Å². The van der Waals surface area contributed by atoms with Gasteiger partial charge < -0.3 is 4.90 Å². The van der Waals surface area contributed by atoms with E-state index in [9.17, 15) is 22.8 Å². The standard InChI is InChI=1S/C21H35N3O5S2/c1-3-14-31(28,29)22-15-8-11-23(12-9-15)21(27)18(10-13-30-2)24-19(25)16-6-4-5-7-17(16)20(24)26/h15-18,22H,3-14H2,1-2H3. The molecule has 31 heavy (non-hydrogen) atoms. The fraction of sp³-hybridized carbons (Fsp3) is 0.857. The van der Waals surface area contributed by atoms with Crippen molar-refractivity contribution in [2.75, 3.05) is 30.9 Å². The van der Waals surface area contributed by atoms with Gasteiger partial charge in [-0.05, 0) is 50.5 Å². The summed E-state index contributed by atoms with van der Waals surface area (Å²) in [6.07, 6.45) is 7.43. The maximum Gasteiger partial charge on any atom is 0.245 e. The van der Waals surface area contributed by atoms with Crippen LogP contribution < -0.4 is 4.72 Å². The van der Waals surface area contributed by atoms with Crippen molar-refractivity contribution in [3.05, 3.63) is 0 Å². The van der Waals surface area contributed by atoms with Crippen LogP contribution in [0.4, 0.5) is 0 Å². The Labute approximate surface area is 189 Å². The molecule has 0 aromatic rings. The molecule has 0 aromatic carbocycles. The molecular formula is C21H35N3O5S2. The van der Waals surface area contributed by atoms with E-state index in [2.05, 4.69) is 4.72 Å². The molecule has 3 unspecified atom stereocenters. The first kappa shape index (κ1) is 24.5. The molecule has 3 atom stereocenters. The van der Waals surface area contributed by atoms with E-state index in [0.29, 0.717) is 44.5 Å². The number of imide groups is 1. The largest absolute Gasteiger partial charge is 0.341 e. The first-order valence-electron chi connectivity index (χ1n) is 11.4. The van der Waals surface area contributed by atoms with Gasteiger partial charge in [0.2, 0.25) is 27.7 Å². The molecule has 8 nitrogen and oxygen atoms in total. The highest BCUT2D eigenvalue weighted by Crippen LogP contribution is 2.39. The number of amides is 3. The number of fused-ring (bicyclic) bond motifs is 1. The van der Waals surface area contributed by atoms with Crippen LogP contribution >= 0.6 is 11.8 Å². The summed E-state index contributed by atoms with van der Waals surface area (Å²) >= 11 is 1.60. The smallest absolute Gasteiger partial charge is 0.245 e. The van der Waals surface area contributed by atoms with E-state index in [0.717, 1.165) is 25.7 Å². The summed E-state index contributed by atoms with van der Waals surface area (Å²) in [6, 6.07) is -0.922. The van der Waals surface area contributed by atoms with Crippen molar-refractivity contribution in [3.63, 3.8) is 0 Å². The lowest BCUT2D eigenvalue weighted by Gasteiger charge is -2.36. The maximum atomic E-state index is 13.4. The molecule has 2 saturated heterocycles. The van der Waals surface area contributed by atoms with E-state index in [1.807, 2.05) is 13.2 Å². The van der Waals surface area contributed by atoms with Crippen LogP contribution in [0.5, 0.6) is 0 Å². The number of sulfonamides is 1. The molecule has 2 heterocycles. The quantitative estimate of drug-likeness (QED) is 0.510. The average molecular weight is 474 g/mol. The molecule has 1 saturated carbocycles. The van der Waals surface area contributed by atoms with Crippen LogP contribution in [0.3, 0.4) is 0 Å². The lowest BCUT2D eigenvalue weighted by molar-refractivity contribution is -0.152. The first-order valence-corrected chi connectivity index (χ1v) is 14.5. The summed E-state index contributed by atoms with van der Waals surface area (Å²) in [7, 11) is -3.29. The number of likely N-dealkylation sites (tertiary alicyclic amines) is 2. The van der Waals surface area contributed by atoms with Gasteiger partial charge in [-0.3, -0.25) is 19.3 Å². The zero-order valence-corrected chi connectivity index (χ0v) is 20.2. The summed E-state index contributed by atoms with van der Waals surface area (Å²) < 4.78 is 26.8. The summed E-state index contributed by atoms with van der Waals surface area (Å²) in [5.74, 6) is -0.244.